The van der Waals surface area contributed by atoms with E-state index in [2.05, 4.69) is 0 Å². The van der Waals surface area contributed by atoms with E-state index in [4.69, 9.17) is 16.4 Å². The molecule has 0 saturated carbocycles. The number of rotatable bonds is 3. The maximum atomic E-state index is 11.1. The van der Waals surface area contributed by atoms with Crippen molar-refractivity contribution < 1.29 is 8.42 Å². The smallest absolute Gasteiger partial charge is 0.261 e. The second-order valence-corrected chi connectivity index (χ2v) is 5.12. The molecule has 0 radical (unpaired) electrons. The summed E-state index contributed by atoms with van der Waals surface area (Å²) >= 11 is 0. The molecule has 0 aliphatic carbocycles. The molecule has 0 bridgehead atoms. The fourth-order valence-corrected chi connectivity index (χ4v) is 2.28. The zero-order valence-corrected chi connectivity index (χ0v) is 8.48. The van der Waals surface area contributed by atoms with E-state index >= 15 is 0 Å². The molecule has 0 aromatic heterocycles. The highest BCUT2D eigenvalue weighted by atomic mass is 35.7. The Morgan fingerprint density at radius 1 is 1.31 bits per heavy atom. The average Bonchev–Trinajstić information content (AvgIpc) is 2.04. The number of halogens is 1. The maximum Gasteiger partial charge on any atom is 0.261 e. The van der Waals surface area contributed by atoms with E-state index in [1.165, 1.54) is 6.07 Å². The Morgan fingerprint density at radius 2 is 1.92 bits per heavy atom. The van der Waals surface area contributed by atoms with Crippen LogP contribution in [-0.2, 0) is 15.5 Å². The van der Waals surface area contributed by atoms with Gasteiger partial charge in [0, 0.05) is 10.7 Å². The Bertz CT molecular complexity index is 389. The van der Waals surface area contributed by atoms with Crippen LogP contribution in [0.3, 0.4) is 0 Å². The van der Waals surface area contributed by atoms with Gasteiger partial charge in [-0.3, -0.25) is 0 Å². The van der Waals surface area contributed by atoms with Crippen LogP contribution in [-0.4, -0.2) is 15.0 Å². The fourth-order valence-electron chi connectivity index (χ4n) is 1.10. The summed E-state index contributed by atoms with van der Waals surface area (Å²) in [6.07, 6.45) is 0.516. The van der Waals surface area contributed by atoms with Crippen LogP contribution in [0.25, 0.3) is 0 Å². The molecule has 0 aliphatic heterocycles. The number of hydrogen-bond acceptors (Lipinski definition) is 3. The van der Waals surface area contributed by atoms with Gasteiger partial charge in [0.2, 0.25) is 0 Å². The number of nitrogens with two attached hydrogens (primary N) is 1. The normalized spacial score (nSPS) is 11.5. The topological polar surface area (TPSA) is 60.2 Å². The van der Waals surface area contributed by atoms with Crippen LogP contribution >= 0.6 is 10.7 Å². The van der Waals surface area contributed by atoms with Crippen molar-refractivity contribution in [2.45, 2.75) is 11.3 Å². The van der Waals surface area contributed by atoms with Crippen molar-refractivity contribution in [1.82, 2.24) is 0 Å². The molecule has 0 heterocycles. The van der Waals surface area contributed by atoms with E-state index in [0.717, 1.165) is 0 Å². The van der Waals surface area contributed by atoms with Crippen LogP contribution < -0.4 is 5.73 Å². The van der Waals surface area contributed by atoms with Crippen LogP contribution in [0.15, 0.2) is 29.2 Å². The van der Waals surface area contributed by atoms with E-state index in [1.54, 1.807) is 18.2 Å². The fraction of sp³-hybridized carbons (Fsp3) is 0.250. The summed E-state index contributed by atoms with van der Waals surface area (Å²) < 4.78 is 22.1. The first-order chi connectivity index (χ1) is 6.05. The first-order valence-electron chi connectivity index (χ1n) is 3.78. The Hall–Kier alpha value is -0.580. The van der Waals surface area contributed by atoms with Gasteiger partial charge in [-0.2, -0.15) is 0 Å². The average molecular weight is 220 g/mol. The molecule has 0 unspecified atom stereocenters. The van der Waals surface area contributed by atoms with Crippen molar-refractivity contribution in [3.63, 3.8) is 0 Å². The SMILES string of the molecule is NCCc1ccccc1S(=O)(=O)Cl. The Morgan fingerprint density at radius 3 is 2.46 bits per heavy atom. The van der Waals surface area contributed by atoms with Gasteiger partial charge in [0.1, 0.15) is 0 Å². The van der Waals surface area contributed by atoms with Crippen molar-refractivity contribution in [3.8, 4) is 0 Å². The summed E-state index contributed by atoms with van der Waals surface area (Å²) in [6, 6.07) is 6.58. The molecule has 0 fully saturated rings. The molecule has 13 heavy (non-hydrogen) atoms. The zero-order chi connectivity index (χ0) is 9.90. The van der Waals surface area contributed by atoms with Gasteiger partial charge in [0.05, 0.1) is 4.90 Å². The lowest BCUT2D eigenvalue weighted by molar-refractivity contribution is 0.608. The molecular formula is C8H10ClNO2S. The molecule has 0 aliphatic rings. The number of benzene rings is 1. The quantitative estimate of drug-likeness (QED) is 0.775. The molecular weight excluding hydrogens is 210 g/mol. The molecule has 1 rings (SSSR count). The minimum absolute atomic E-state index is 0.155. The summed E-state index contributed by atoms with van der Waals surface area (Å²) in [5, 5.41) is 0. The standard InChI is InChI=1S/C8H10ClNO2S/c9-13(11,12)8-4-2-1-3-7(8)5-6-10/h1-4H,5-6,10H2. The molecule has 5 heteroatoms. The second-order valence-electron chi connectivity index (χ2n) is 2.58. The van der Waals surface area contributed by atoms with Gasteiger partial charge >= 0.3 is 0 Å². The van der Waals surface area contributed by atoms with Gasteiger partial charge in [-0.1, -0.05) is 18.2 Å². The van der Waals surface area contributed by atoms with Crippen LogP contribution in [0.1, 0.15) is 5.56 Å². The van der Waals surface area contributed by atoms with E-state index < -0.39 is 9.05 Å². The Kier molecular flexibility index (Phi) is 3.30. The van der Waals surface area contributed by atoms with Crippen LogP contribution in [0.2, 0.25) is 0 Å². The first kappa shape index (κ1) is 10.5. The zero-order valence-electron chi connectivity index (χ0n) is 6.90. The minimum atomic E-state index is -3.64. The monoisotopic (exact) mass is 219 g/mol. The van der Waals surface area contributed by atoms with Gasteiger partial charge in [0.25, 0.3) is 9.05 Å². The van der Waals surface area contributed by atoms with Gasteiger partial charge in [-0.25, -0.2) is 8.42 Å². The first-order valence-corrected chi connectivity index (χ1v) is 6.09. The van der Waals surface area contributed by atoms with E-state index in [1.807, 2.05) is 0 Å². The van der Waals surface area contributed by atoms with Gasteiger partial charge in [-0.15, -0.1) is 0 Å². The molecule has 1 aromatic rings. The van der Waals surface area contributed by atoms with E-state index in [-0.39, 0.29) is 4.90 Å². The maximum absolute atomic E-state index is 11.1. The second kappa shape index (κ2) is 4.09. The highest BCUT2D eigenvalue weighted by molar-refractivity contribution is 8.13. The van der Waals surface area contributed by atoms with Crippen LogP contribution in [0.4, 0.5) is 0 Å². The minimum Gasteiger partial charge on any atom is -0.330 e. The highest BCUT2D eigenvalue weighted by Gasteiger charge is 2.13. The summed E-state index contributed by atoms with van der Waals surface area (Å²) in [5.41, 5.74) is 6.00. The van der Waals surface area contributed by atoms with Crippen molar-refractivity contribution in [1.29, 1.82) is 0 Å². The summed E-state index contributed by atoms with van der Waals surface area (Å²) in [7, 11) is 1.59. The molecule has 0 spiro atoms. The van der Waals surface area contributed by atoms with Crippen molar-refractivity contribution in [2.75, 3.05) is 6.54 Å². The van der Waals surface area contributed by atoms with Gasteiger partial charge in [-0.05, 0) is 24.6 Å². The molecule has 0 amide bonds. The molecule has 2 N–H and O–H groups in total. The van der Waals surface area contributed by atoms with Crippen molar-refractivity contribution >= 4 is 19.7 Å². The lowest BCUT2D eigenvalue weighted by atomic mass is 10.1. The predicted octanol–water partition coefficient (Wildman–Crippen LogP) is 1.12. The van der Waals surface area contributed by atoms with E-state index in [9.17, 15) is 8.42 Å². The third-order valence-corrected chi connectivity index (χ3v) is 3.07. The van der Waals surface area contributed by atoms with Gasteiger partial charge in [0.15, 0.2) is 0 Å². The van der Waals surface area contributed by atoms with Crippen molar-refractivity contribution in [2.24, 2.45) is 5.73 Å². The molecule has 0 atom stereocenters. The molecule has 3 nitrogen and oxygen atoms in total. The summed E-state index contributed by atoms with van der Waals surface area (Å²) in [4.78, 5) is 0.155. The van der Waals surface area contributed by atoms with Gasteiger partial charge < -0.3 is 5.73 Å². The van der Waals surface area contributed by atoms with Crippen LogP contribution in [0, 0.1) is 0 Å². The third kappa shape index (κ3) is 2.69. The molecule has 0 saturated heterocycles. The number of hydrogen-bond donors (Lipinski definition) is 1. The third-order valence-electron chi connectivity index (χ3n) is 1.65. The van der Waals surface area contributed by atoms with Crippen molar-refractivity contribution in [3.05, 3.63) is 29.8 Å². The summed E-state index contributed by atoms with van der Waals surface area (Å²) in [5.74, 6) is 0. The summed E-state index contributed by atoms with van der Waals surface area (Å²) in [6.45, 7) is 0.406. The Balaban J connectivity index is 3.20. The molecule has 72 valence electrons. The highest BCUT2D eigenvalue weighted by Crippen LogP contribution is 2.19. The molecule has 1 aromatic carbocycles. The lowest BCUT2D eigenvalue weighted by Crippen LogP contribution is -2.06. The Labute approximate surface area is 81.9 Å². The van der Waals surface area contributed by atoms with E-state index in [0.29, 0.717) is 18.5 Å². The lowest BCUT2D eigenvalue weighted by Gasteiger charge is -2.03. The van der Waals surface area contributed by atoms with Crippen LogP contribution in [0.5, 0.6) is 0 Å². The predicted molar refractivity (Wildman–Crippen MR) is 52.2 cm³/mol. The largest absolute Gasteiger partial charge is 0.330 e.